The van der Waals surface area contributed by atoms with E-state index >= 15 is 0 Å². The van der Waals surface area contributed by atoms with Crippen molar-refractivity contribution in [3.05, 3.63) is 95.3 Å². The average molecular weight is 670 g/mol. The van der Waals surface area contributed by atoms with Gasteiger partial charge in [0.1, 0.15) is 12.4 Å². The van der Waals surface area contributed by atoms with Gasteiger partial charge in [-0.1, -0.05) is 42.5 Å². The van der Waals surface area contributed by atoms with Crippen LogP contribution in [0.5, 0.6) is 5.75 Å². The molecule has 1 fully saturated rings. The maximum absolute atomic E-state index is 12.4. The summed E-state index contributed by atoms with van der Waals surface area (Å²) in [7, 11) is 0. The fourth-order valence-corrected chi connectivity index (χ4v) is 5.61. The number of hydrogen-bond donors (Lipinski definition) is 1. The van der Waals surface area contributed by atoms with Gasteiger partial charge in [-0.2, -0.15) is 0 Å². The van der Waals surface area contributed by atoms with Gasteiger partial charge in [0.15, 0.2) is 5.17 Å². The standard InChI is InChI=1S/C23H15Br2IN2O2S/c24-16-10-15(11-17(25)21(16)30-13-14-6-2-1-3-7-14)12-20-22(29)28-23(31-20)27-19-9-5-4-8-18(19)26/h1-12H,13H2,(H,27,28,29)/b20-12+. The molecule has 1 amide bonds. The third kappa shape index (κ3) is 5.79. The van der Waals surface area contributed by atoms with Crippen LogP contribution in [0.4, 0.5) is 5.69 Å². The van der Waals surface area contributed by atoms with Crippen molar-refractivity contribution in [3.63, 3.8) is 0 Å². The Bertz CT molecular complexity index is 1180. The molecule has 1 saturated heterocycles. The molecule has 3 aromatic rings. The van der Waals surface area contributed by atoms with Crippen LogP contribution in [0.1, 0.15) is 11.1 Å². The predicted octanol–water partition coefficient (Wildman–Crippen LogP) is 7.29. The summed E-state index contributed by atoms with van der Waals surface area (Å²) in [6.07, 6.45) is 1.84. The van der Waals surface area contributed by atoms with Gasteiger partial charge in [-0.25, -0.2) is 4.99 Å². The number of halogens is 3. The summed E-state index contributed by atoms with van der Waals surface area (Å²) in [6, 6.07) is 21.6. The Morgan fingerprint density at radius 1 is 1.03 bits per heavy atom. The topological polar surface area (TPSA) is 50.7 Å². The third-order valence-electron chi connectivity index (χ3n) is 4.27. The smallest absolute Gasteiger partial charge is 0.264 e. The highest BCUT2D eigenvalue weighted by Crippen LogP contribution is 2.37. The lowest BCUT2D eigenvalue weighted by molar-refractivity contribution is -0.115. The molecular weight excluding hydrogens is 655 g/mol. The van der Waals surface area contributed by atoms with Crippen LogP contribution < -0.4 is 10.1 Å². The molecule has 4 nitrogen and oxygen atoms in total. The Labute approximate surface area is 215 Å². The number of nitrogens with one attached hydrogen (secondary N) is 1. The van der Waals surface area contributed by atoms with Gasteiger partial charge in [0.25, 0.3) is 5.91 Å². The zero-order chi connectivity index (χ0) is 21.8. The minimum absolute atomic E-state index is 0.161. The first-order chi connectivity index (χ1) is 15.0. The average Bonchev–Trinajstić information content (AvgIpc) is 3.08. The van der Waals surface area contributed by atoms with Crippen LogP contribution in [0.2, 0.25) is 0 Å². The van der Waals surface area contributed by atoms with Gasteiger partial charge in [0.05, 0.1) is 19.5 Å². The van der Waals surface area contributed by atoms with Gasteiger partial charge in [0.2, 0.25) is 0 Å². The SMILES string of the molecule is O=C1NC(=Nc2ccccc2I)S/C1=C/c1cc(Br)c(OCc2ccccc2)c(Br)c1. The maximum atomic E-state index is 12.4. The number of aliphatic imine (C=N–C) groups is 1. The van der Waals surface area contributed by atoms with Crippen molar-refractivity contribution in [2.24, 2.45) is 4.99 Å². The lowest BCUT2D eigenvalue weighted by Gasteiger charge is -2.11. The number of benzene rings is 3. The number of nitrogens with zero attached hydrogens (tertiary/aromatic N) is 1. The van der Waals surface area contributed by atoms with E-state index in [0.29, 0.717) is 16.7 Å². The first kappa shape index (κ1) is 22.6. The van der Waals surface area contributed by atoms with Gasteiger partial charge >= 0.3 is 0 Å². The fraction of sp³-hybridized carbons (Fsp3) is 0.0435. The molecule has 0 saturated carbocycles. The Balaban J connectivity index is 1.52. The molecular formula is C23H15Br2IN2O2S. The van der Waals surface area contributed by atoms with E-state index < -0.39 is 0 Å². The van der Waals surface area contributed by atoms with Crippen molar-refractivity contribution in [2.45, 2.75) is 6.61 Å². The lowest BCUT2D eigenvalue weighted by Crippen LogP contribution is -2.19. The van der Waals surface area contributed by atoms with Gasteiger partial charge in [-0.15, -0.1) is 0 Å². The maximum Gasteiger partial charge on any atom is 0.264 e. The molecule has 0 bridgehead atoms. The number of thioether (sulfide) groups is 1. The number of hydrogen-bond acceptors (Lipinski definition) is 4. The highest BCUT2D eigenvalue weighted by atomic mass is 127. The molecule has 8 heteroatoms. The van der Waals surface area contributed by atoms with Crippen LogP contribution in [0.3, 0.4) is 0 Å². The summed E-state index contributed by atoms with van der Waals surface area (Å²) >= 11 is 10.7. The number of carbonyl (C=O) groups excluding carboxylic acids is 1. The van der Waals surface area contributed by atoms with Crippen LogP contribution in [0.15, 0.2) is 85.6 Å². The van der Waals surface area contributed by atoms with Crippen LogP contribution in [0.25, 0.3) is 6.08 Å². The number of amidine groups is 1. The van der Waals surface area contributed by atoms with Crippen LogP contribution in [0, 0.1) is 3.57 Å². The molecule has 0 radical (unpaired) electrons. The van der Waals surface area contributed by atoms with Crippen molar-refractivity contribution in [2.75, 3.05) is 0 Å². The van der Waals surface area contributed by atoms with Gasteiger partial charge in [0, 0.05) is 3.57 Å². The van der Waals surface area contributed by atoms with Gasteiger partial charge in [-0.05, 0) is 108 Å². The van der Waals surface area contributed by atoms with Gasteiger partial charge < -0.3 is 10.1 Å². The highest BCUT2D eigenvalue weighted by Gasteiger charge is 2.24. The molecule has 3 aromatic carbocycles. The van der Waals surface area contributed by atoms with E-state index in [0.717, 1.165) is 35.1 Å². The Morgan fingerprint density at radius 3 is 2.42 bits per heavy atom. The summed E-state index contributed by atoms with van der Waals surface area (Å²) in [5, 5.41) is 3.40. The number of ether oxygens (including phenoxy) is 1. The van der Waals surface area contributed by atoms with E-state index in [-0.39, 0.29) is 5.91 Å². The van der Waals surface area contributed by atoms with Crippen molar-refractivity contribution in [1.29, 1.82) is 0 Å². The summed E-state index contributed by atoms with van der Waals surface area (Å²) in [5.74, 6) is 0.557. The van der Waals surface area contributed by atoms with Crippen LogP contribution >= 0.6 is 66.2 Å². The largest absolute Gasteiger partial charge is 0.487 e. The zero-order valence-corrected chi connectivity index (χ0v) is 22.1. The molecule has 0 unspecified atom stereocenters. The highest BCUT2D eigenvalue weighted by molar-refractivity contribution is 14.1. The van der Waals surface area contributed by atoms with Crippen LogP contribution in [-0.4, -0.2) is 11.1 Å². The molecule has 4 rings (SSSR count). The van der Waals surface area contributed by atoms with E-state index in [9.17, 15) is 4.79 Å². The van der Waals surface area contributed by atoms with Crippen molar-refractivity contribution < 1.29 is 9.53 Å². The van der Waals surface area contributed by atoms with E-state index in [1.807, 2.05) is 72.8 Å². The van der Waals surface area contributed by atoms with Crippen molar-refractivity contribution >= 4 is 89.1 Å². The second-order valence-corrected chi connectivity index (χ2v) is 10.4. The summed E-state index contributed by atoms with van der Waals surface area (Å²) in [6.45, 7) is 0.467. The van der Waals surface area contributed by atoms with E-state index in [4.69, 9.17) is 4.74 Å². The predicted molar refractivity (Wildman–Crippen MR) is 143 cm³/mol. The van der Waals surface area contributed by atoms with Crippen molar-refractivity contribution in [3.8, 4) is 5.75 Å². The Morgan fingerprint density at radius 2 is 1.71 bits per heavy atom. The first-order valence-electron chi connectivity index (χ1n) is 9.19. The summed E-state index contributed by atoms with van der Waals surface area (Å²) in [4.78, 5) is 17.6. The molecule has 1 aliphatic rings. The quantitative estimate of drug-likeness (QED) is 0.229. The third-order valence-corrected chi connectivity index (χ3v) is 7.27. The minimum atomic E-state index is -0.161. The van der Waals surface area contributed by atoms with Crippen LogP contribution in [-0.2, 0) is 11.4 Å². The molecule has 0 spiro atoms. The molecule has 1 N–H and O–H groups in total. The number of carbonyl (C=O) groups is 1. The molecule has 1 heterocycles. The molecule has 31 heavy (non-hydrogen) atoms. The van der Waals surface area contributed by atoms with E-state index in [1.54, 1.807) is 0 Å². The Kier molecular flexibility index (Phi) is 7.52. The second-order valence-electron chi connectivity index (χ2n) is 6.52. The number of para-hydroxylation sites is 1. The summed E-state index contributed by atoms with van der Waals surface area (Å²) < 4.78 is 8.61. The minimum Gasteiger partial charge on any atom is -0.487 e. The van der Waals surface area contributed by atoms with Crippen molar-refractivity contribution in [1.82, 2.24) is 5.32 Å². The molecule has 156 valence electrons. The first-order valence-corrected chi connectivity index (χ1v) is 12.7. The second kappa shape index (κ2) is 10.3. The molecule has 0 atom stereocenters. The normalized spacial score (nSPS) is 16.0. The summed E-state index contributed by atoms with van der Waals surface area (Å²) in [5.41, 5.74) is 2.79. The number of amides is 1. The Hall–Kier alpha value is -1.62. The van der Waals surface area contributed by atoms with Gasteiger partial charge in [-0.3, -0.25) is 4.79 Å². The van der Waals surface area contributed by atoms with E-state index in [2.05, 4.69) is 64.8 Å². The fourth-order valence-electron chi connectivity index (χ4n) is 2.81. The number of rotatable bonds is 5. The monoisotopic (exact) mass is 668 g/mol. The molecule has 1 aliphatic heterocycles. The zero-order valence-electron chi connectivity index (χ0n) is 15.9. The molecule has 0 aliphatic carbocycles. The lowest BCUT2D eigenvalue weighted by atomic mass is 10.2. The molecule has 0 aromatic heterocycles. The van der Waals surface area contributed by atoms with E-state index in [1.165, 1.54) is 11.8 Å².